The molecular formula is C125H79N15S4. The van der Waals surface area contributed by atoms with Crippen LogP contribution in [0.1, 0.15) is 30.5 Å². The summed E-state index contributed by atoms with van der Waals surface area (Å²) in [7, 11) is 0. The van der Waals surface area contributed by atoms with Crippen molar-refractivity contribution in [3.63, 3.8) is 0 Å². The van der Waals surface area contributed by atoms with E-state index in [0.29, 0.717) is 29.4 Å². The van der Waals surface area contributed by atoms with Gasteiger partial charge in [-0.05, 0) is 185 Å². The number of pyridine rings is 2. The molecule has 31 rings (SSSR count). The fourth-order valence-electron chi connectivity index (χ4n) is 21.6. The molecular weight excluding hydrogens is 1840 g/mol. The van der Waals surface area contributed by atoms with Gasteiger partial charge in [0.25, 0.3) is 0 Å². The molecule has 0 N–H and O–H groups in total. The van der Waals surface area contributed by atoms with Crippen molar-refractivity contribution in [2.75, 3.05) is 0 Å². The minimum atomic E-state index is 0.0168. The Morgan fingerprint density at radius 2 is 0.542 bits per heavy atom. The van der Waals surface area contributed by atoms with Crippen LogP contribution in [0.4, 0.5) is 0 Å². The van der Waals surface area contributed by atoms with Crippen molar-refractivity contribution in [2.45, 2.75) is 26.2 Å². The number of fused-ring (bicyclic) bond motifs is 27. The lowest BCUT2D eigenvalue weighted by Gasteiger charge is -2.21. The SMILES string of the molecule is CC1(C)c2ccccc2-c2cc(-c3ccc(-n4c5ccccc5c5cc6c(cc54)sc4ccccc46)nc3)ccc21.Cc1ccc2sc3cc4c(cc3c2c1)c1ccccc1n4-c1ncncn1.c1ccc(-c2ccc3sc4cc5c(cc4c3c2)c2ccccc2n5-c2ncncn2)cc1.c1ccc(-c2nc(-c3ccccc3)nc(-c3ccc(-n4c5ccccc5c5cc6c(cc54)sc4ccccc46)nc3)n2)cc1. The van der Waals surface area contributed by atoms with Gasteiger partial charge in [-0.3, -0.25) is 18.3 Å². The highest BCUT2D eigenvalue weighted by Gasteiger charge is 2.36. The Labute approximate surface area is 839 Å². The van der Waals surface area contributed by atoms with E-state index in [1.54, 1.807) is 25.3 Å². The molecule has 19 heteroatoms. The Kier molecular flexibility index (Phi) is 19.9. The zero-order chi connectivity index (χ0) is 95.4. The number of rotatable bonds is 9. The van der Waals surface area contributed by atoms with Crippen LogP contribution in [-0.2, 0) is 5.41 Å². The molecule has 0 amide bonds. The molecule has 13 aromatic heterocycles. The van der Waals surface area contributed by atoms with Crippen LogP contribution in [0.5, 0.6) is 0 Å². The topological polar surface area (TPSA) is 162 Å². The number of thiophene rings is 4. The van der Waals surface area contributed by atoms with Crippen molar-refractivity contribution in [1.29, 1.82) is 0 Å². The van der Waals surface area contributed by atoms with Crippen LogP contribution in [0.3, 0.4) is 0 Å². The summed E-state index contributed by atoms with van der Waals surface area (Å²) in [5.41, 5.74) is 23.4. The number of aromatic nitrogens is 15. The van der Waals surface area contributed by atoms with Crippen molar-refractivity contribution in [3.05, 3.63) is 443 Å². The number of benzene rings is 17. The molecule has 0 radical (unpaired) electrons. The van der Waals surface area contributed by atoms with Crippen LogP contribution in [0.2, 0.25) is 0 Å². The van der Waals surface area contributed by atoms with E-state index in [4.69, 9.17) is 24.9 Å². The molecule has 0 atom stereocenters. The first-order valence-corrected chi connectivity index (χ1v) is 51.1. The molecule has 0 saturated heterocycles. The van der Waals surface area contributed by atoms with E-state index in [1.165, 1.54) is 179 Å². The van der Waals surface area contributed by atoms with E-state index in [9.17, 15) is 0 Å². The highest BCUT2D eigenvalue weighted by molar-refractivity contribution is 7.27. The van der Waals surface area contributed by atoms with Gasteiger partial charge in [0.05, 0.1) is 44.1 Å². The Balaban J connectivity index is 0.0000000948. The molecule has 13 heterocycles. The lowest BCUT2D eigenvalue weighted by molar-refractivity contribution is 0.660. The van der Waals surface area contributed by atoms with Crippen molar-refractivity contribution in [3.8, 4) is 91.1 Å². The molecule has 17 aromatic carbocycles. The molecule has 0 unspecified atom stereocenters. The average molecular weight is 1920 g/mol. The zero-order valence-electron chi connectivity index (χ0n) is 77.8. The lowest BCUT2D eigenvalue weighted by atomic mass is 9.82. The Bertz CT molecular complexity index is 10300. The second-order valence-electron chi connectivity index (χ2n) is 37.0. The Morgan fingerprint density at radius 3 is 1.00 bits per heavy atom. The van der Waals surface area contributed by atoms with Crippen LogP contribution < -0.4 is 0 Å². The molecule has 678 valence electrons. The van der Waals surface area contributed by atoms with Crippen molar-refractivity contribution < 1.29 is 0 Å². The fraction of sp³-hybridized carbons (Fsp3) is 0.0320. The lowest BCUT2D eigenvalue weighted by Crippen LogP contribution is -2.14. The third-order valence-electron chi connectivity index (χ3n) is 28.3. The summed E-state index contributed by atoms with van der Waals surface area (Å²) in [4.78, 5) is 50.3. The predicted octanol–water partition coefficient (Wildman–Crippen LogP) is 32.9. The molecule has 0 saturated carbocycles. The van der Waals surface area contributed by atoms with Crippen LogP contribution in [0, 0.1) is 6.92 Å². The van der Waals surface area contributed by atoms with E-state index in [2.05, 4.69) is 397 Å². The van der Waals surface area contributed by atoms with Gasteiger partial charge in [0, 0.05) is 164 Å². The Morgan fingerprint density at radius 1 is 0.208 bits per heavy atom. The summed E-state index contributed by atoms with van der Waals surface area (Å²) in [5.74, 6) is 4.92. The standard InChI is InChI=1S/C38H23N5S.C38H26N2S.C27H16N4S.C22H14N4S/c1-3-11-24(12-4-1)36-40-37(25-13-5-2-6-14-25)42-38(41-36)26-19-20-35(39-23-26)43-31-17-9-7-15-27(31)29-21-30-28-16-8-10-18-33(28)44-34(30)22-32(29)43;1-38(2)31-12-6-3-9-25(31)28-19-23(15-17-32(28)38)24-16-18-37(39-22-24)40-33-13-7-4-10-26(33)29-20-30-27-11-5-8-14-35(27)41-36(30)21-34(29)40;1-2-6-17(7-3-1)18-10-11-25-21(12-18)22-13-20-19-8-4-5-9-23(19)31(24(20)14-26(22)32-25)27-29-15-28-16-30-27;1-13-6-7-20-16(8-13)17-9-15-14-4-2-3-5-18(14)26(19(15)10-21(17)27-20)22-24-11-23-12-25-22/h1-23H;3-22H,1-2H3;1-16H;2-12H,1H3. The van der Waals surface area contributed by atoms with E-state index in [-0.39, 0.29) is 5.41 Å². The van der Waals surface area contributed by atoms with Gasteiger partial charge in [-0.1, -0.05) is 268 Å². The smallest absolute Gasteiger partial charge is 0.237 e. The van der Waals surface area contributed by atoms with Gasteiger partial charge in [0.15, 0.2) is 17.5 Å². The van der Waals surface area contributed by atoms with Gasteiger partial charge in [0.1, 0.15) is 36.9 Å². The normalized spacial score (nSPS) is 12.3. The second kappa shape index (κ2) is 34.0. The summed E-state index contributed by atoms with van der Waals surface area (Å²) < 4.78 is 19.2. The van der Waals surface area contributed by atoms with Gasteiger partial charge in [-0.2, -0.15) is 0 Å². The van der Waals surface area contributed by atoms with Crippen LogP contribution in [-0.4, -0.2) is 73.1 Å². The van der Waals surface area contributed by atoms with Gasteiger partial charge in [-0.15, -0.1) is 45.3 Å². The number of aryl methyl sites for hydroxylation is 1. The van der Waals surface area contributed by atoms with E-state index in [0.717, 1.165) is 67.0 Å². The predicted molar refractivity (Wildman–Crippen MR) is 600 cm³/mol. The minimum Gasteiger partial charge on any atom is -0.294 e. The number of hydrogen-bond acceptors (Lipinski definition) is 15. The molecule has 0 bridgehead atoms. The largest absolute Gasteiger partial charge is 0.294 e. The molecule has 144 heavy (non-hydrogen) atoms. The third-order valence-corrected chi connectivity index (χ3v) is 32.9. The van der Waals surface area contributed by atoms with Gasteiger partial charge in [-0.25, -0.2) is 54.8 Å². The summed E-state index contributed by atoms with van der Waals surface area (Å²) in [6.45, 7) is 6.80. The van der Waals surface area contributed by atoms with Crippen LogP contribution >= 0.6 is 45.3 Å². The van der Waals surface area contributed by atoms with Crippen molar-refractivity contribution in [2.24, 2.45) is 0 Å². The molecule has 0 fully saturated rings. The monoisotopic (exact) mass is 1920 g/mol. The number of para-hydroxylation sites is 4. The molecule has 1 aliphatic carbocycles. The third kappa shape index (κ3) is 14.0. The molecule has 0 spiro atoms. The highest BCUT2D eigenvalue weighted by atomic mass is 32.1. The zero-order valence-corrected chi connectivity index (χ0v) is 81.0. The van der Waals surface area contributed by atoms with E-state index >= 15 is 0 Å². The molecule has 30 aromatic rings. The number of nitrogens with zero attached hydrogens (tertiary/aromatic N) is 15. The summed E-state index contributed by atoms with van der Waals surface area (Å²) in [5, 5.41) is 20.3. The van der Waals surface area contributed by atoms with Crippen molar-refractivity contribution in [1.82, 2.24) is 73.1 Å². The molecule has 1 aliphatic rings. The average Bonchev–Trinajstić information content (AvgIpc) is 1.59. The van der Waals surface area contributed by atoms with Crippen LogP contribution in [0.15, 0.2) is 426 Å². The molecule has 0 aliphatic heterocycles. The first-order valence-electron chi connectivity index (χ1n) is 47.8. The van der Waals surface area contributed by atoms with Gasteiger partial charge < -0.3 is 0 Å². The quantitative estimate of drug-likeness (QED) is 0.135. The maximum Gasteiger partial charge on any atom is 0.237 e. The number of hydrogen-bond donors (Lipinski definition) is 0. The minimum absolute atomic E-state index is 0.0168. The fourth-order valence-corrected chi connectivity index (χ4v) is 26.0. The van der Waals surface area contributed by atoms with Gasteiger partial charge in [0.2, 0.25) is 11.9 Å². The molecule has 15 nitrogen and oxygen atoms in total. The highest BCUT2D eigenvalue weighted by Crippen LogP contribution is 2.52. The first kappa shape index (κ1) is 84.2. The van der Waals surface area contributed by atoms with E-state index < -0.39 is 0 Å². The summed E-state index contributed by atoms with van der Waals surface area (Å²) in [6, 6.07) is 138. The second-order valence-corrected chi connectivity index (χ2v) is 41.3. The first-order chi connectivity index (χ1) is 71.0. The maximum atomic E-state index is 5.05. The Hall–Kier alpha value is -17.9. The summed E-state index contributed by atoms with van der Waals surface area (Å²) in [6.07, 6.45) is 10.1. The van der Waals surface area contributed by atoms with Crippen molar-refractivity contribution >= 4 is 213 Å². The van der Waals surface area contributed by atoms with Gasteiger partial charge >= 0.3 is 0 Å². The summed E-state index contributed by atoms with van der Waals surface area (Å²) >= 11 is 7.35. The maximum absolute atomic E-state index is 5.05. The van der Waals surface area contributed by atoms with Crippen LogP contribution in [0.25, 0.3) is 259 Å². The van der Waals surface area contributed by atoms with E-state index in [1.807, 2.05) is 118 Å².